The molecular weight excluding hydrogens is 504 g/mol. The van der Waals surface area contributed by atoms with Crippen LogP contribution in [0.2, 0.25) is 0 Å². The first kappa shape index (κ1) is 26.5. The van der Waals surface area contributed by atoms with Crippen LogP contribution in [0.1, 0.15) is 90.0 Å². The number of fused-ring (bicyclic) bond motifs is 3. The van der Waals surface area contributed by atoms with Crippen molar-refractivity contribution in [1.29, 1.82) is 0 Å². The van der Waals surface area contributed by atoms with Gasteiger partial charge in [0.2, 0.25) is 0 Å². The van der Waals surface area contributed by atoms with Crippen molar-refractivity contribution in [3.8, 4) is 0 Å². The molecule has 1 spiro atoms. The predicted octanol–water partition coefficient (Wildman–Crippen LogP) is 4.22. The van der Waals surface area contributed by atoms with Crippen molar-refractivity contribution in [2.24, 2.45) is 28.6 Å². The van der Waals surface area contributed by atoms with E-state index in [1.54, 1.807) is 6.07 Å². The van der Waals surface area contributed by atoms with Gasteiger partial charge in [0.25, 0.3) is 0 Å². The zero-order valence-electron chi connectivity index (χ0n) is 22.9. The highest BCUT2D eigenvalue weighted by molar-refractivity contribution is 5.76. The molecule has 10 atom stereocenters. The van der Waals surface area contributed by atoms with E-state index in [4.69, 9.17) is 23.7 Å². The normalized spacial score (nSPS) is 43.7. The summed E-state index contributed by atoms with van der Waals surface area (Å²) in [6.45, 7) is 6.13. The fraction of sp³-hybridized carbons (Fsp3) is 0.733. The van der Waals surface area contributed by atoms with Crippen LogP contribution in [0.25, 0.3) is 0 Å². The van der Waals surface area contributed by atoms with Gasteiger partial charge in [-0.2, -0.15) is 0 Å². The Hall–Kier alpha value is -2.68. The molecule has 5 aliphatic rings. The van der Waals surface area contributed by atoms with Crippen molar-refractivity contribution in [2.45, 2.75) is 108 Å². The van der Waals surface area contributed by atoms with Gasteiger partial charge < -0.3 is 23.7 Å². The maximum atomic E-state index is 12.8. The van der Waals surface area contributed by atoms with Crippen molar-refractivity contribution in [2.75, 3.05) is 0 Å². The summed E-state index contributed by atoms with van der Waals surface area (Å²) in [5.74, 6) is -0.793. The highest BCUT2D eigenvalue weighted by Gasteiger charge is 2.84. The number of esters is 2. The fourth-order valence-corrected chi connectivity index (χ4v) is 9.65. The second kappa shape index (κ2) is 9.18. The van der Waals surface area contributed by atoms with Gasteiger partial charge in [0.15, 0.2) is 0 Å². The van der Waals surface area contributed by atoms with Gasteiger partial charge >= 0.3 is 23.5 Å². The zero-order chi connectivity index (χ0) is 27.7. The van der Waals surface area contributed by atoms with Gasteiger partial charge in [-0.3, -0.25) is 14.4 Å². The number of epoxide rings is 1. The largest absolute Gasteiger partial charge is 0.481 e. The van der Waals surface area contributed by atoms with E-state index in [1.165, 1.54) is 19.3 Å². The molecule has 0 aromatic carbocycles. The van der Waals surface area contributed by atoms with Gasteiger partial charge in [0, 0.05) is 24.3 Å². The van der Waals surface area contributed by atoms with Crippen LogP contribution >= 0.6 is 0 Å². The van der Waals surface area contributed by atoms with E-state index >= 15 is 0 Å². The van der Waals surface area contributed by atoms with Crippen molar-refractivity contribution in [1.82, 2.24) is 0 Å². The van der Waals surface area contributed by atoms with Crippen LogP contribution in [0.3, 0.4) is 0 Å². The molecular formula is C30H38O9. The highest BCUT2D eigenvalue weighted by atomic mass is 16.7. The van der Waals surface area contributed by atoms with Crippen molar-refractivity contribution in [3.05, 3.63) is 34.4 Å². The maximum absolute atomic E-state index is 12.8. The van der Waals surface area contributed by atoms with Gasteiger partial charge in [0.1, 0.15) is 23.9 Å². The Morgan fingerprint density at radius 1 is 1.03 bits per heavy atom. The van der Waals surface area contributed by atoms with E-state index in [0.717, 1.165) is 50.5 Å². The van der Waals surface area contributed by atoms with Gasteiger partial charge in [-0.05, 0) is 79.7 Å². The van der Waals surface area contributed by atoms with E-state index in [1.807, 2.05) is 0 Å². The van der Waals surface area contributed by atoms with Crippen LogP contribution in [-0.2, 0) is 28.6 Å². The molecule has 1 aromatic rings. The first-order chi connectivity index (χ1) is 18.5. The summed E-state index contributed by atoms with van der Waals surface area (Å²) < 4.78 is 23.6. The molecule has 5 fully saturated rings. The third-order valence-electron chi connectivity index (χ3n) is 11.3. The molecule has 1 saturated heterocycles. The van der Waals surface area contributed by atoms with Crippen LogP contribution in [0.15, 0.2) is 27.6 Å². The van der Waals surface area contributed by atoms with Crippen molar-refractivity contribution in [3.63, 3.8) is 0 Å². The molecule has 9 heteroatoms. The molecule has 1 N–H and O–H groups in total. The number of aliphatic carboxylic acids is 1. The predicted molar refractivity (Wildman–Crippen MR) is 137 cm³/mol. The Bertz CT molecular complexity index is 1220. The third kappa shape index (κ3) is 3.98. The molecule has 0 amide bonds. The Balaban J connectivity index is 1.31. The lowest BCUT2D eigenvalue weighted by Crippen LogP contribution is -2.58. The summed E-state index contributed by atoms with van der Waals surface area (Å²) in [6, 6.07) is 3.16. The molecule has 6 rings (SSSR count). The molecule has 212 valence electrons. The van der Waals surface area contributed by atoms with Gasteiger partial charge in [-0.15, -0.1) is 0 Å². The molecule has 2 unspecified atom stereocenters. The molecule has 0 bridgehead atoms. The summed E-state index contributed by atoms with van der Waals surface area (Å²) in [5, 5.41) is 9.06. The number of carbonyl (C=O) groups is 3. The number of hydrogen-bond acceptors (Lipinski definition) is 8. The van der Waals surface area contributed by atoms with Crippen LogP contribution in [0.4, 0.5) is 0 Å². The SMILES string of the molecule is CC(=O)O[C@H]1CC[C@@]2(C)[C@H](CCC3[C@@H]2CC[C@]2(C)[C@@H](c4ccc(=O)oc4)[C@@H](OC(=O)CCC(=O)O)[C@H]4OC342)C1. The number of carboxylic acid groups (broad SMARTS) is 1. The summed E-state index contributed by atoms with van der Waals surface area (Å²) in [4.78, 5) is 47.2. The summed E-state index contributed by atoms with van der Waals surface area (Å²) in [6.07, 6.45) is 6.87. The quantitative estimate of drug-likeness (QED) is 0.414. The molecule has 1 aliphatic heterocycles. The standard InChI is InChI=1S/C30H38O9/c1-16(31)37-19-10-12-28(2)18(14-19)5-6-21-20(28)11-13-29(3)25(17-4-8-23(34)36-15-17)26(27-30(21,29)39-27)38-24(35)9-7-22(32)33/h4,8,15,18-21,25-27H,5-7,9-14H2,1-3H3,(H,32,33)/t18-,19+,20+,21?,25+,26-,27-,28+,29-,30?/m1/s1. The summed E-state index contributed by atoms with van der Waals surface area (Å²) in [5.41, 5.74) is -0.294. The number of ether oxygens (including phenoxy) is 3. The monoisotopic (exact) mass is 542 g/mol. The van der Waals surface area contributed by atoms with E-state index in [2.05, 4.69) is 13.8 Å². The maximum Gasteiger partial charge on any atom is 0.335 e. The lowest BCUT2D eigenvalue weighted by molar-refractivity contribution is -0.167. The minimum atomic E-state index is -1.05. The third-order valence-corrected chi connectivity index (χ3v) is 11.3. The lowest BCUT2D eigenvalue weighted by atomic mass is 9.44. The van der Waals surface area contributed by atoms with Gasteiger partial charge in [-0.1, -0.05) is 13.8 Å². The second-order valence-corrected chi connectivity index (χ2v) is 13.0. The number of carboxylic acids is 1. The molecule has 39 heavy (non-hydrogen) atoms. The average molecular weight is 543 g/mol. The van der Waals surface area contributed by atoms with E-state index < -0.39 is 29.3 Å². The smallest absolute Gasteiger partial charge is 0.335 e. The summed E-state index contributed by atoms with van der Waals surface area (Å²) >= 11 is 0. The van der Waals surface area contributed by atoms with Crippen molar-refractivity contribution < 1.29 is 38.1 Å². The molecule has 4 aliphatic carbocycles. The number of hydrogen-bond donors (Lipinski definition) is 1. The van der Waals surface area contributed by atoms with Crippen LogP contribution in [0.5, 0.6) is 0 Å². The fourth-order valence-electron chi connectivity index (χ4n) is 9.65. The van der Waals surface area contributed by atoms with Crippen LogP contribution in [0, 0.1) is 28.6 Å². The van der Waals surface area contributed by atoms with E-state index in [-0.39, 0.29) is 47.8 Å². The molecule has 0 radical (unpaired) electrons. The lowest BCUT2D eigenvalue weighted by Gasteiger charge is -2.61. The first-order valence-electron chi connectivity index (χ1n) is 14.3. The second-order valence-electron chi connectivity index (χ2n) is 13.0. The zero-order valence-corrected chi connectivity index (χ0v) is 22.9. The average Bonchev–Trinajstić information content (AvgIpc) is 3.58. The topological polar surface area (TPSA) is 133 Å². The minimum absolute atomic E-state index is 0.00717. The molecule has 4 saturated carbocycles. The Morgan fingerprint density at radius 2 is 1.82 bits per heavy atom. The van der Waals surface area contributed by atoms with Crippen LogP contribution in [-0.4, -0.2) is 46.9 Å². The minimum Gasteiger partial charge on any atom is -0.481 e. The Labute approximate surface area is 227 Å². The Morgan fingerprint density at radius 3 is 2.51 bits per heavy atom. The van der Waals surface area contributed by atoms with Crippen molar-refractivity contribution >= 4 is 17.9 Å². The number of carbonyl (C=O) groups excluding carboxylic acids is 2. The highest BCUT2D eigenvalue weighted by Crippen LogP contribution is 2.78. The van der Waals surface area contributed by atoms with Gasteiger partial charge in [0.05, 0.1) is 19.1 Å². The molecule has 2 heterocycles. The molecule has 9 nitrogen and oxygen atoms in total. The number of rotatable bonds is 6. The van der Waals surface area contributed by atoms with E-state index in [9.17, 15) is 19.2 Å². The van der Waals surface area contributed by atoms with Crippen LogP contribution < -0.4 is 5.63 Å². The van der Waals surface area contributed by atoms with Gasteiger partial charge in [-0.25, -0.2) is 4.79 Å². The van der Waals surface area contributed by atoms with E-state index in [0.29, 0.717) is 17.8 Å². The Kier molecular flexibility index (Phi) is 6.25. The summed E-state index contributed by atoms with van der Waals surface area (Å²) in [7, 11) is 0. The first-order valence-corrected chi connectivity index (χ1v) is 14.3. The molecule has 1 aromatic heterocycles.